The Bertz CT molecular complexity index is 1060. The average molecular weight is 514 g/mol. The number of nitrogens with two attached hydrogens (primary N) is 1. The zero-order chi connectivity index (χ0) is 26.8. The lowest BCUT2D eigenvalue weighted by Gasteiger charge is -2.38. The molecule has 1 heterocycles. The molecular weight excluding hydrogens is 482 g/mol. The van der Waals surface area contributed by atoms with Crippen LogP contribution in [0.5, 0.6) is 0 Å². The first-order valence-electron chi connectivity index (χ1n) is 12.1. The van der Waals surface area contributed by atoms with E-state index in [-0.39, 0.29) is 30.9 Å². The summed E-state index contributed by atoms with van der Waals surface area (Å²) in [5.41, 5.74) is 4.93. The lowest BCUT2D eigenvalue weighted by Crippen LogP contribution is -2.56. The van der Waals surface area contributed by atoms with Crippen LogP contribution in [-0.4, -0.2) is 60.2 Å². The van der Waals surface area contributed by atoms with Crippen LogP contribution in [0.2, 0.25) is 0 Å². The molecule has 0 spiro atoms. The number of rotatable bonds is 13. The maximum absolute atomic E-state index is 12.8. The highest BCUT2D eigenvalue weighted by Crippen LogP contribution is 2.41. The summed E-state index contributed by atoms with van der Waals surface area (Å²) >= 11 is 0. The molecule has 0 atom stereocenters. The number of imide groups is 1. The van der Waals surface area contributed by atoms with E-state index in [1.807, 2.05) is 0 Å². The van der Waals surface area contributed by atoms with Crippen molar-refractivity contribution in [3.8, 4) is 0 Å². The topological polar surface area (TPSA) is 177 Å². The summed E-state index contributed by atoms with van der Waals surface area (Å²) in [7, 11) is 0. The van der Waals surface area contributed by atoms with Gasteiger partial charge in [-0.2, -0.15) is 0 Å². The predicted molar refractivity (Wildman–Crippen MR) is 131 cm³/mol. The number of unbranched alkanes of at least 4 members (excludes halogenated alkanes) is 2. The van der Waals surface area contributed by atoms with E-state index in [4.69, 9.17) is 10.5 Å². The van der Waals surface area contributed by atoms with Crippen LogP contribution in [0.3, 0.4) is 0 Å². The van der Waals surface area contributed by atoms with Gasteiger partial charge in [-0.05, 0) is 49.8 Å². The van der Waals surface area contributed by atoms with Gasteiger partial charge in [-0.15, -0.1) is 0 Å². The molecule has 5 N–H and O–H groups in total. The van der Waals surface area contributed by atoms with Crippen molar-refractivity contribution >= 4 is 41.3 Å². The Balaban J connectivity index is 1.35. The van der Waals surface area contributed by atoms with Crippen LogP contribution in [0, 0.1) is 5.41 Å². The molecule has 0 radical (unpaired) electrons. The van der Waals surface area contributed by atoms with Gasteiger partial charge in [0, 0.05) is 30.9 Å². The Morgan fingerprint density at radius 1 is 0.919 bits per heavy atom. The van der Waals surface area contributed by atoms with Gasteiger partial charge in [-0.1, -0.05) is 18.6 Å². The number of nitrogens with zero attached hydrogens (tertiary/aromatic N) is 1. The summed E-state index contributed by atoms with van der Waals surface area (Å²) in [6, 6.07) is 6.57. The molecule has 6 amide bonds. The van der Waals surface area contributed by atoms with E-state index < -0.39 is 23.3 Å². The third kappa shape index (κ3) is 7.38. The second-order valence-corrected chi connectivity index (χ2v) is 8.95. The van der Waals surface area contributed by atoms with Crippen LogP contribution in [-0.2, 0) is 35.3 Å². The fourth-order valence-corrected chi connectivity index (χ4v) is 4.06. The third-order valence-corrected chi connectivity index (χ3v) is 6.35. The van der Waals surface area contributed by atoms with E-state index in [1.54, 1.807) is 24.3 Å². The van der Waals surface area contributed by atoms with E-state index in [0.717, 1.165) is 6.42 Å². The molecule has 0 unspecified atom stereocenters. The van der Waals surface area contributed by atoms with Crippen molar-refractivity contribution in [1.82, 2.24) is 15.5 Å². The van der Waals surface area contributed by atoms with Crippen LogP contribution in [0.1, 0.15) is 44.1 Å². The van der Waals surface area contributed by atoms with Crippen molar-refractivity contribution in [2.45, 2.75) is 45.1 Å². The van der Waals surface area contributed by atoms with Crippen LogP contribution >= 0.6 is 0 Å². The van der Waals surface area contributed by atoms with Crippen LogP contribution in [0.15, 0.2) is 36.4 Å². The Morgan fingerprint density at radius 2 is 1.57 bits per heavy atom. The fraction of sp³-hybridized carbons (Fsp3) is 0.440. The lowest BCUT2D eigenvalue weighted by molar-refractivity contribution is -0.150. The normalized spacial score (nSPS) is 15.6. The Hall–Kier alpha value is -4.22. The van der Waals surface area contributed by atoms with Crippen LogP contribution in [0.4, 0.5) is 10.5 Å². The largest absolute Gasteiger partial charge is 0.445 e. The Labute approximate surface area is 213 Å². The smallest absolute Gasteiger partial charge is 0.404 e. The quantitative estimate of drug-likeness (QED) is 0.170. The minimum absolute atomic E-state index is 0.0160. The number of carbonyl (C=O) groups excluding carboxylic acids is 6. The number of hydrogen-bond donors (Lipinski definition) is 4. The molecule has 1 aromatic carbocycles. The summed E-state index contributed by atoms with van der Waals surface area (Å²) in [6.07, 6.45) is 5.15. The molecule has 1 aromatic rings. The maximum atomic E-state index is 12.8. The summed E-state index contributed by atoms with van der Waals surface area (Å²) < 4.78 is 4.69. The molecule has 1 saturated carbocycles. The maximum Gasteiger partial charge on any atom is 0.404 e. The molecule has 3 rings (SSSR count). The lowest BCUT2D eigenvalue weighted by atomic mass is 9.67. The minimum atomic E-state index is -1.18. The highest BCUT2D eigenvalue weighted by atomic mass is 16.5. The molecule has 0 aromatic heterocycles. The summed E-state index contributed by atoms with van der Waals surface area (Å²) in [5, 5.41) is 8.01. The van der Waals surface area contributed by atoms with E-state index in [0.29, 0.717) is 56.4 Å². The van der Waals surface area contributed by atoms with E-state index in [2.05, 4.69) is 16.0 Å². The minimum Gasteiger partial charge on any atom is -0.445 e. The molecule has 1 aliphatic carbocycles. The molecule has 0 bridgehead atoms. The summed E-state index contributed by atoms with van der Waals surface area (Å²) in [5.74, 6) is -1.91. The van der Waals surface area contributed by atoms with Gasteiger partial charge in [0.05, 0.1) is 6.54 Å². The molecule has 2 aliphatic rings. The van der Waals surface area contributed by atoms with Crippen LogP contribution < -0.4 is 21.7 Å². The van der Waals surface area contributed by atoms with Gasteiger partial charge in [-0.25, -0.2) is 4.79 Å². The number of nitrogens with one attached hydrogen (secondary N) is 3. The van der Waals surface area contributed by atoms with E-state index in [1.165, 1.54) is 17.1 Å². The number of ether oxygens (including phenoxy) is 1. The molecule has 0 saturated heterocycles. The predicted octanol–water partition coefficient (Wildman–Crippen LogP) is 0.718. The van der Waals surface area contributed by atoms with Crippen molar-refractivity contribution < 1.29 is 33.5 Å². The van der Waals surface area contributed by atoms with Crippen LogP contribution in [0.25, 0.3) is 0 Å². The molecular formula is C25H31N5O7. The molecule has 12 heteroatoms. The molecule has 198 valence electrons. The molecule has 12 nitrogen and oxygen atoms in total. The van der Waals surface area contributed by atoms with Gasteiger partial charge < -0.3 is 26.4 Å². The zero-order valence-corrected chi connectivity index (χ0v) is 20.4. The average Bonchev–Trinajstić information content (AvgIpc) is 3.15. The van der Waals surface area contributed by atoms with Crippen molar-refractivity contribution in [3.05, 3.63) is 42.0 Å². The van der Waals surface area contributed by atoms with Crippen molar-refractivity contribution in [1.29, 1.82) is 0 Å². The van der Waals surface area contributed by atoms with Gasteiger partial charge in [0.15, 0.2) is 0 Å². The highest BCUT2D eigenvalue weighted by molar-refractivity contribution is 6.12. The number of carbonyl (C=O) groups is 6. The zero-order valence-electron chi connectivity index (χ0n) is 20.4. The highest BCUT2D eigenvalue weighted by Gasteiger charge is 2.50. The molecule has 1 fully saturated rings. The van der Waals surface area contributed by atoms with Crippen molar-refractivity contribution in [2.24, 2.45) is 11.1 Å². The molecule has 1 aliphatic heterocycles. The van der Waals surface area contributed by atoms with Gasteiger partial charge in [0.25, 0.3) is 11.8 Å². The first-order valence-corrected chi connectivity index (χ1v) is 12.1. The second kappa shape index (κ2) is 12.7. The Kier molecular flexibility index (Phi) is 9.36. The SMILES string of the molecule is NC(=O)OCc1ccc(NC(=O)CNC(=O)C2(C(=O)NCCCCCN3C(=O)C=CC3=O)CCC2)cc1. The first kappa shape index (κ1) is 27.4. The van der Waals surface area contributed by atoms with Gasteiger partial charge in [0.1, 0.15) is 12.0 Å². The van der Waals surface area contributed by atoms with Crippen molar-refractivity contribution in [3.63, 3.8) is 0 Å². The number of amides is 6. The van der Waals surface area contributed by atoms with Gasteiger partial charge in [-0.3, -0.25) is 28.9 Å². The molecule has 37 heavy (non-hydrogen) atoms. The second-order valence-electron chi connectivity index (χ2n) is 8.95. The van der Waals surface area contributed by atoms with Crippen molar-refractivity contribution in [2.75, 3.05) is 25.0 Å². The first-order chi connectivity index (χ1) is 17.7. The Morgan fingerprint density at radius 3 is 2.16 bits per heavy atom. The fourth-order valence-electron chi connectivity index (χ4n) is 4.06. The number of benzene rings is 1. The standard InChI is InChI=1S/C25H31N5O7/c26-24(36)37-16-17-5-7-18(8-6-17)29-19(31)15-28-23(35)25(11-4-12-25)22(34)27-13-2-1-3-14-30-20(32)9-10-21(30)33/h5-10H,1-4,11-16H2,(H2,26,36)(H,27,34)(H,28,35)(H,29,31). The number of primary amides is 1. The van der Waals surface area contributed by atoms with Gasteiger partial charge >= 0.3 is 6.09 Å². The van der Waals surface area contributed by atoms with Gasteiger partial charge in [0.2, 0.25) is 17.7 Å². The summed E-state index contributed by atoms with van der Waals surface area (Å²) in [4.78, 5) is 72.7. The van der Waals surface area contributed by atoms with E-state index >= 15 is 0 Å². The van der Waals surface area contributed by atoms with E-state index in [9.17, 15) is 28.8 Å². The third-order valence-electron chi connectivity index (χ3n) is 6.35. The number of anilines is 1. The summed E-state index contributed by atoms with van der Waals surface area (Å²) in [6.45, 7) is 0.432. The monoisotopic (exact) mass is 513 g/mol. The number of hydrogen-bond acceptors (Lipinski definition) is 7.